The fraction of sp³-hybridized carbons (Fsp3) is 0.371. The van der Waals surface area contributed by atoms with Crippen molar-refractivity contribution in [1.82, 2.24) is 0 Å². The van der Waals surface area contributed by atoms with Crippen LogP contribution in [-0.4, -0.2) is 72.7 Å². The van der Waals surface area contributed by atoms with Crippen LogP contribution in [0.4, 0.5) is 18.9 Å². The molecule has 47 heavy (non-hydrogen) atoms. The molecule has 0 amide bonds. The number of hydrogen-bond acceptors (Lipinski definition) is 8. The summed E-state index contributed by atoms with van der Waals surface area (Å²) < 4.78 is 43.6. The molecule has 3 aromatic carbocycles. The summed E-state index contributed by atoms with van der Waals surface area (Å²) >= 11 is 0. The van der Waals surface area contributed by atoms with Gasteiger partial charge >= 0.3 is 18.1 Å². The molecule has 250 valence electrons. The summed E-state index contributed by atoms with van der Waals surface area (Å²) in [5.74, 6) is -3.37. The number of nitrogens with zero attached hydrogens (tertiary/aromatic N) is 1. The van der Waals surface area contributed by atoms with E-state index in [0.717, 1.165) is 37.2 Å². The normalized spacial score (nSPS) is 20.7. The molecule has 12 heteroatoms. The molecule has 0 saturated carbocycles. The maximum atomic E-state index is 13.6. The number of carbonyl (C=O) groups is 4. The molecule has 2 bridgehead atoms. The molecular formula is C35H37F3N2O7. The zero-order chi connectivity index (χ0) is 34.2. The lowest BCUT2D eigenvalue weighted by atomic mass is 9.82. The van der Waals surface area contributed by atoms with Crippen molar-refractivity contribution >= 4 is 29.4 Å². The van der Waals surface area contributed by atoms with Crippen molar-refractivity contribution in [1.29, 1.82) is 0 Å². The number of Topliss-reactive ketones (excluding diaryl/α,β-unsaturated/α-hetero) is 1. The van der Waals surface area contributed by atoms with E-state index >= 15 is 0 Å². The molecule has 0 aromatic heterocycles. The van der Waals surface area contributed by atoms with Crippen LogP contribution in [-0.2, 0) is 19.1 Å². The number of halogens is 3. The molecule has 3 aromatic rings. The van der Waals surface area contributed by atoms with Crippen LogP contribution in [0.3, 0.4) is 0 Å². The highest BCUT2D eigenvalue weighted by Gasteiger charge is 2.49. The zero-order valence-corrected chi connectivity index (χ0v) is 26.1. The minimum Gasteiger partial charge on any atom is -0.542 e. The number of carboxylic acid groups (broad SMARTS) is 1. The fourth-order valence-electron chi connectivity index (χ4n) is 5.89. The molecule has 1 N–H and O–H groups in total. The monoisotopic (exact) mass is 654 g/mol. The molecule has 3 aliphatic heterocycles. The molecule has 2 atom stereocenters. The number of piperidine rings is 3. The van der Waals surface area contributed by atoms with E-state index in [4.69, 9.17) is 19.4 Å². The molecule has 0 spiro atoms. The lowest BCUT2D eigenvalue weighted by Crippen LogP contribution is -2.65. The number of ether oxygens (including phenoxy) is 2. The van der Waals surface area contributed by atoms with Crippen molar-refractivity contribution in [2.24, 2.45) is 5.92 Å². The molecule has 3 fully saturated rings. The highest BCUT2D eigenvalue weighted by molar-refractivity contribution is 5.98. The third-order valence-electron chi connectivity index (χ3n) is 8.26. The average molecular weight is 655 g/mol. The van der Waals surface area contributed by atoms with Gasteiger partial charge in [-0.1, -0.05) is 60.7 Å². The molecule has 0 radical (unpaired) electrons. The van der Waals surface area contributed by atoms with Gasteiger partial charge in [0.1, 0.15) is 19.1 Å². The van der Waals surface area contributed by atoms with Gasteiger partial charge in [0.05, 0.1) is 24.8 Å². The summed E-state index contributed by atoms with van der Waals surface area (Å²) in [5.41, 5.74) is 2.70. The number of carbonyl (C=O) groups excluding carboxylic acids is 4. The van der Waals surface area contributed by atoms with Gasteiger partial charge < -0.3 is 29.2 Å². The summed E-state index contributed by atoms with van der Waals surface area (Å²) in [6.07, 6.45) is -3.79. The number of carboxylic acids is 1. The van der Waals surface area contributed by atoms with Crippen molar-refractivity contribution in [3.63, 3.8) is 0 Å². The number of anilines is 1. The van der Waals surface area contributed by atoms with E-state index in [0.29, 0.717) is 34.6 Å². The van der Waals surface area contributed by atoms with Crippen LogP contribution in [0, 0.1) is 5.92 Å². The van der Waals surface area contributed by atoms with Crippen molar-refractivity contribution < 1.29 is 51.4 Å². The van der Waals surface area contributed by atoms with Gasteiger partial charge in [0, 0.05) is 30.0 Å². The Balaban J connectivity index is 0.000000644. The smallest absolute Gasteiger partial charge is 0.430 e. The molecule has 6 rings (SSSR count). The summed E-state index contributed by atoms with van der Waals surface area (Å²) in [6.45, 7) is 6.38. The van der Waals surface area contributed by atoms with Gasteiger partial charge in [0.15, 0.2) is 12.1 Å². The van der Waals surface area contributed by atoms with E-state index in [9.17, 15) is 27.6 Å². The number of ketones is 1. The van der Waals surface area contributed by atoms with Crippen LogP contribution in [0.5, 0.6) is 0 Å². The second-order valence-electron chi connectivity index (χ2n) is 12.0. The number of quaternary nitrogens is 1. The number of aliphatic carboxylic acids is 1. The SMILES string of the molecule is CC(C)OC(=O)c1ccc(C(=O)C[N+]23CCC(CC2)[C@@H](OC(=O)[C@H](Nc2ccccc2)c2ccccc2)C3)cc1.O=C([O-])C(F)(F)F. The summed E-state index contributed by atoms with van der Waals surface area (Å²) in [6, 6.07) is 25.4. The topological polar surface area (TPSA) is 122 Å². The Labute approximate surface area is 270 Å². The Morgan fingerprint density at radius 3 is 1.94 bits per heavy atom. The van der Waals surface area contributed by atoms with Crippen LogP contribution in [0.25, 0.3) is 0 Å². The van der Waals surface area contributed by atoms with Gasteiger partial charge in [0.25, 0.3) is 0 Å². The van der Waals surface area contributed by atoms with Gasteiger partial charge in [-0.25, -0.2) is 9.59 Å². The summed E-state index contributed by atoms with van der Waals surface area (Å²) in [7, 11) is 0. The summed E-state index contributed by atoms with van der Waals surface area (Å²) in [5, 5.41) is 12.1. The van der Waals surface area contributed by atoms with Crippen LogP contribution < -0.4 is 10.4 Å². The Morgan fingerprint density at radius 2 is 1.40 bits per heavy atom. The Bertz CT molecular complexity index is 1520. The molecule has 3 heterocycles. The second kappa shape index (κ2) is 15.3. The van der Waals surface area contributed by atoms with Crippen LogP contribution in [0.1, 0.15) is 59.0 Å². The van der Waals surface area contributed by atoms with Gasteiger partial charge in [0.2, 0.25) is 5.78 Å². The number of nitrogens with one attached hydrogen (secondary N) is 1. The van der Waals surface area contributed by atoms with E-state index in [1.54, 1.807) is 38.1 Å². The number of hydrogen-bond donors (Lipinski definition) is 1. The second-order valence-corrected chi connectivity index (χ2v) is 12.0. The quantitative estimate of drug-likeness (QED) is 0.189. The van der Waals surface area contributed by atoms with Crippen LogP contribution in [0.15, 0.2) is 84.9 Å². The molecular weight excluding hydrogens is 617 g/mol. The van der Waals surface area contributed by atoms with Gasteiger partial charge in [-0.3, -0.25) is 4.79 Å². The van der Waals surface area contributed by atoms with E-state index in [-0.39, 0.29) is 24.0 Å². The predicted octanol–water partition coefficient (Wildman–Crippen LogP) is 4.74. The first-order valence-electron chi connectivity index (χ1n) is 15.3. The first kappa shape index (κ1) is 35.1. The number of benzene rings is 3. The first-order chi connectivity index (χ1) is 22.3. The minimum atomic E-state index is -5.19. The van der Waals surface area contributed by atoms with E-state index < -0.39 is 24.2 Å². The Kier molecular flexibility index (Phi) is 11.4. The highest BCUT2D eigenvalue weighted by atomic mass is 19.4. The molecule has 3 aliphatic rings. The number of para-hydroxylation sites is 1. The number of alkyl halides is 3. The molecule has 3 saturated heterocycles. The summed E-state index contributed by atoms with van der Waals surface area (Å²) in [4.78, 5) is 47.9. The lowest BCUT2D eigenvalue weighted by Gasteiger charge is -2.51. The van der Waals surface area contributed by atoms with E-state index in [2.05, 4.69) is 5.32 Å². The lowest BCUT2D eigenvalue weighted by molar-refractivity contribution is -0.938. The Morgan fingerprint density at radius 1 is 0.872 bits per heavy atom. The number of rotatable bonds is 10. The van der Waals surface area contributed by atoms with Gasteiger partial charge in [-0.15, -0.1) is 0 Å². The zero-order valence-electron chi connectivity index (χ0n) is 26.1. The fourth-order valence-corrected chi connectivity index (χ4v) is 5.89. The van der Waals surface area contributed by atoms with E-state index in [1.165, 1.54) is 0 Å². The first-order valence-corrected chi connectivity index (χ1v) is 15.3. The third kappa shape index (κ3) is 9.65. The molecule has 0 unspecified atom stereocenters. The predicted molar refractivity (Wildman–Crippen MR) is 164 cm³/mol. The molecule has 0 aliphatic carbocycles. The number of fused-ring (bicyclic) bond motifs is 3. The average Bonchev–Trinajstić information content (AvgIpc) is 3.04. The van der Waals surface area contributed by atoms with Gasteiger partial charge in [-0.05, 0) is 43.7 Å². The largest absolute Gasteiger partial charge is 0.542 e. The van der Waals surface area contributed by atoms with Crippen molar-refractivity contribution in [3.8, 4) is 0 Å². The van der Waals surface area contributed by atoms with Crippen molar-refractivity contribution in [3.05, 3.63) is 102 Å². The van der Waals surface area contributed by atoms with Gasteiger partial charge in [-0.2, -0.15) is 13.2 Å². The maximum Gasteiger partial charge on any atom is 0.430 e. The van der Waals surface area contributed by atoms with Crippen LogP contribution in [0.2, 0.25) is 0 Å². The minimum absolute atomic E-state index is 0.0297. The van der Waals surface area contributed by atoms with E-state index in [1.807, 2.05) is 60.7 Å². The number of esters is 2. The standard InChI is InChI=1S/C33H37N2O5.C2HF3O2/c1-23(2)39-32(37)27-15-13-24(14-16-27)29(36)21-35-19-17-25(18-20-35)30(22-35)40-33(38)31(26-9-5-3-6-10-26)34-28-11-7-4-8-12-28;3-2(4,5)1(6)7/h3-16,23,25,30-31,34H,17-22H2,1-2H3;(H,6,7)/q+1;/p-1/t25?,30-,31+,35?;/m0./s1. The third-order valence-corrected chi connectivity index (χ3v) is 8.26. The maximum absolute atomic E-state index is 13.6. The van der Waals surface area contributed by atoms with Crippen molar-refractivity contribution in [2.45, 2.75) is 51.1 Å². The van der Waals surface area contributed by atoms with Crippen molar-refractivity contribution in [2.75, 3.05) is 31.5 Å². The van der Waals surface area contributed by atoms with Crippen LogP contribution >= 0.6 is 0 Å². The Hall–Kier alpha value is -4.71. The molecule has 9 nitrogen and oxygen atoms in total. The highest BCUT2D eigenvalue weighted by Crippen LogP contribution is 2.37.